The summed E-state index contributed by atoms with van der Waals surface area (Å²) in [5.41, 5.74) is 2.57. The third-order valence-corrected chi connectivity index (χ3v) is 22.9. The summed E-state index contributed by atoms with van der Waals surface area (Å²) in [7, 11) is -5.84. The summed E-state index contributed by atoms with van der Waals surface area (Å²) in [6.07, 6.45) is 7.42. The van der Waals surface area contributed by atoms with Gasteiger partial charge in [-0.3, -0.25) is 0 Å². The molecule has 0 amide bonds. The van der Waals surface area contributed by atoms with E-state index in [0.29, 0.717) is 13.2 Å². The molecular formula is C47H74O4Si3. The molecule has 54 heavy (non-hydrogen) atoms. The normalized spacial score (nSPS) is 18.3. The van der Waals surface area contributed by atoms with Crippen LogP contribution >= 0.6 is 0 Å². The number of hydrogen-bond donors (Lipinski definition) is 0. The molecule has 1 saturated heterocycles. The Morgan fingerprint density at radius 2 is 1.24 bits per heavy atom. The van der Waals surface area contributed by atoms with Gasteiger partial charge in [-0.15, -0.1) is 6.58 Å². The van der Waals surface area contributed by atoms with Gasteiger partial charge in [-0.25, -0.2) is 0 Å². The number of benzene rings is 3. The van der Waals surface area contributed by atoms with Gasteiger partial charge in [0.2, 0.25) is 0 Å². The minimum Gasteiger partial charge on any atom is -0.414 e. The van der Waals surface area contributed by atoms with Crippen molar-refractivity contribution in [1.82, 2.24) is 0 Å². The average Bonchev–Trinajstić information content (AvgIpc) is 3.14. The minimum atomic E-state index is -2.77. The van der Waals surface area contributed by atoms with E-state index in [0.717, 1.165) is 44.6 Å². The number of ether oxygens (including phenoxy) is 2. The first-order valence-electron chi connectivity index (χ1n) is 21.1. The lowest BCUT2D eigenvalue weighted by Gasteiger charge is -2.46. The maximum Gasteiger partial charge on any atom is 0.261 e. The lowest BCUT2D eigenvalue weighted by atomic mass is 9.95. The number of rotatable bonds is 22. The Bertz CT molecular complexity index is 1450. The SMILES string of the molecule is C=C(C[C@@H](C[C@H]1CCC[C@@H](C[C@H](CCOCc2ccccc2)O[Si](c2ccccc2)(c2ccccc2)C(C)(C)C)O1)O[Si](CC)(CC)CC)C[Si](C)(C)C. The topological polar surface area (TPSA) is 36.9 Å². The van der Waals surface area contributed by atoms with Gasteiger partial charge in [0.25, 0.3) is 8.32 Å². The summed E-state index contributed by atoms with van der Waals surface area (Å²) in [6, 6.07) is 37.3. The van der Waals surface area contributed by atoms with E-state index in [1.54, 1.807) is 0 Å². The number of hydrogen-bond acceptors (Lipinski definition) is 4. The van der Waals surface area contributed by atoms with E-state index < -0.39 is 24.7 Å². The van der Waals surface area contributed by atoms with Crippen LogP contribution in [-0.4, -0.2) is 55.7 Å². The predicted molar refractivity (Wildman–Crippen MR) is 239 cm³/mol. The van der Waals surface area contributed by atoms with Crippen molar-refractivity contribution in [3.05, 3.63) is 109 Å². The Morgan fingerprint density at radius 1 is 0.741 bits per heavy atom. The zero-order valence-electron chi connectivity index (χ0n) is 35.5. The zero-order chi connectivity index (χ0) is 39.2. The van der Waals surface area contributed by atoms with E-state index in [2.05, 4.69) is 159 Å². The molecule has 298 valence electrons. The summed E-state index contributed by atoms with van der Waals surface area (Å²) >= 11 is 0. The average molecular weight is 787 g/mol. The fourth-order valence-electron chi connectivity index (χ4n) is 8.73. The van der Waals surface area contributed by atoms with Crippen molar-refractivity contribution in [3.8, 4) is 0 Å². The molecule has 0 aliphatic carbocycles. The first-order valence-corrected chi connectivity index (χ1v) is 29.3. The Hall–Kier alpha value is -2.11. The molecule has 4 atom stereocenters. The third-order valence-electron chi connectivity index (χ3n) is 11.6. The van der Waals surface area contributed by atoms with E-state index in [1.165, 1.54) is 46.1 Å². The Balaban J connectivity index is 1.60. The third kappa shape index (κ3) is 13.0. The molecule has 7 heteroatoms. The fourth-order valence-corrected chi connectivity index (χ4v) is 18.0. The molecule has 0 N–H and O–H groups in total. The highest BCUT2D eigenvalue weighted by atomic mass is 28.4. The lowest BCUT2D eigenvalue weighted by molar-refractivity contribution is -0.0828. The quantitative estimate of drug-likeness (QED) is 0.0577. The second-order valence-electron chi connectivity index (χ2n) is 18.2. The molecule has 1 aliphatic rings. The van der Waals surface area contributed by atoms with Crippen LogP contribution in [0, 0.1) is 0 Å². The van der Waals surface area contributed by atoms with E-state index in [1.807, 2.05) is 0 Å². The molecule has 1 aliphatic heterocycles. The molecular weight excluding hydrogens is 713 g/mol. The lowest BCUT2D eigenvalue weighted by Crippen LogP contribution is -2.68. The molecule has 0 unspecified atom stereocenters. The Kier molecular flexibility index (Phi) is 17.2. The van der Waals surface area contributed by atoms with Crippen LogP contribution in [0.2, 0.25) is 48.9 Å². The van der Waals surface area contributed by atoms with Crippen LogP contribution in [0.4, 0.5) is 0 Å². The molecule has 3 aromatic rings. The van der Waals surface area contributed by atoms with Crippen molar-refractivity contribution in [2.75, 3.05) is 6.61 Å². The molecule has 3 aromatic carbocycles. The molecule has 4 nitrogen and oxygen atoms in total. The smallest absolute Gasteiger partial charge is 0.261 e. The highest BCUT2D eigenvalue weighted by Gasteiger charge is 2.51. The van der Waals surface area contributed by atoms with Crippen molar-refractivity contribution in [3.63, 3.8) is 0 Å². The van der Waals surface area contributed by atoms with Crippen molar-refractivity contribution in [2.24, 2.45) is 0 Å². The first-order chi connectivity index (χ1) is 25.7. The molecule has 4 rings (SSSR count). The van der Waals surface area contributed by atoms with Crippen LogP contribution in [0.15, 0.2) is 103 Å². The van der Waals surface area contributed by atoms with Crippen molar-refractivity contribution < 1.29 is 18.3 Å². The highest BCUT2D eigenvalue weighted by Crippen LogP contribution is 2.39. The summed E-state index contributed by atoms with van der Waals surface area (Å²) in [4.78, 5) is 0. The largest absolute Gasteiger partial charge is 0.414 e. The monoisotopic (exact) mass is 786 g/mol. The van der Waals surface area contributed by atoms with Crippen molar-refractivity contribution in [1.29, 1.82) is 0 Å². The van der Waals surface area contributed by atoms with E-state index in [9.17, 15) is 0 Å². The predicted octanol–water partition coefficient (Wildman–Crippen LogP) is 11.9. The van der Waals surface area contributed by atoms with Crippen LogP contribution in [0.25, 0.3) is 0 Å². The second kappa shape index (κ2) is 20.9. The summed E-state index contributed by atoms with van der Waals surface area (Å²) in [5, 5.41) is 2.52. The highest BCUT2D eigenvalue weighted by molar-refractivity contribution is 6.99. The van der Waals surface area contributed by atoms with E-state index in [4.69, 9.17) is 18.3 Å². The van der Waals surface area contributed by atoms with Crippen LogP contribution in [0.3, 0.4) is 0 Å². The van der Waals surface area contributed by atoms with Gasteiger partial charge in [0, 0.05) is 14.7 Å². The second-order valence-corrected chi connectivity index (χ2v) is 32.6. The first kappa shape index (κ1) is 44.6. The van der Waals surface area contributed by atoms with Gasteiger partial charge in [-0.1, -0.05) is 158 Å². The van der Waals surface area contributed by atoms with Crippen LogP contribution < -0.4 is 10.4 Å². The molecule has 0 radical (unpaired) electrons. The van der Waals surface area contributed by atoms with E-state index in [-0.39, 0.29) is 29.5 Å². The van der Waals surface area contributed by atoms with Gasteiger partial charge in [-0.05, 0) is 90.1 Å². The molecule has 0 bridgehead atoms. The van der Waals surface area contributed by atoms with Crippen molar-refractivity contribution in [2.45, 2.75) is 166 Å². The molecule has 1 fully saturated rings. The molecule has 0 saturated carbocycles. The van der Waals surface area contributed by atoms with Gasteiger partial charge in [-0.2, -0.15) is 0 Å². The Morgan fingerprint density at radius 3 is 1.72 bits per heavy atom. The van der Waals surface area contributed by atoms with Gasteiger partial charge in [0.1, 0.15) is 0 Å². The van der Waals surface area contributed by atoms with Crippen LogP contribution in [0.5, 0.6) is 0 Å². The van der Waals surface area contributed by atoms with Gasteiger partial charge < -0.3 is 18.3 Å². The van der Waals surface area contributed by atoms with Gasteiger partial charge in [0.05, 0.1) is 31.0 Å². The maximum absolute atomic E-state index is 7.81. The summed E-state index contributed by atoms with van der Waals surface area (Å²) in [6.45, 7) is 27.3. The molecule has 0 aromatic heterocycles. The molecule has 0 spiro atoms. The van der Waals surface area contributed by atoms with Crippen molar-refractivity contribution >= 4 is 35.1 Å². The maximum atomic E-state index is 7.81. The Labute approximate surface area is 333 Å². The van der Waals surface area contributed by atoms with Crippen LogP contribution in [-0.2, 0) is 24.9 Å². The molecule has 1 heterocycles. The minimum absolute atomic E-state index is 0.0141. The standard InChI is InChI=1S/C47H74O4Si3/c1-11-53(12-2,13-3)50-44(34-39(4)38-52(8,9)10)36-42-27-23-26-41(49-42)35-43(32-33-48-37-40-24-17-14-18-25-40)51-54(47(5,6)7,45-28-19-15-20-29-45)46-30-21-16-22-31-46/h14-22,24-25,28-31,41-44H,4,11-13,23,26-27,32-38H2,1-3,5-10H3/t41-,42+,43-,44-/m0/s1. The fraction of sp³-hybridized carbons (Fsp3) is 0.574. The van der Waals surface area contributed by atoms with Gasteiger partial charge >= 0.3 is 0 Å². The zero-order valence-corrected chi connectivity index (χ0v) is 38.5. The van der Waals surface area contributed by atoms with Crippen LogP contribution in [0.1, 0.15) is 92.1 Å². The summed E-state index contributed by atoms with van der Waals surface area (Å²) < 4.78 is 28.6. The van der Waals surface area contributed by atoms with Gasteiger partial charge in [0.15, 0.2) is 8.32 Å². The summed E-state index contributed by atoms with van der Waals surface area (Å²) in [5.74, 6) is 0. The van der Waals surface area contributed by atoms with E-state index >= 15 is 0 Å².